The normalized spacial score (nSPS) is 28.4. The molecule has 15 heavy (non-hydrogen) atoms. The highest BCUT2D eigenvalue weighted by atomic mass is 16.2. The zero-order valence-corrected chi connectivity index (χ0v) is 9.24. The summed E-state index contributed by atoms with van der Waals surface area (Å²) in [5.74, 6) is 0. The first-order valence-corrected chi connectivity index (χ1v) is 6.06. The molecule has 0 bridgehead atoms. The Balaban J connectivity index is 1.84. The number of nitrogens with two attached hydrogens (primary N) is 1. The van der Waals surface area contributed by atoms with Gasteiger partial charge < -0.3 is 11.1 Å². The third-order valence-electron chi connectivity index (χ3n) is 3.73. The highest BCUT2D eigenvalue weighted by Crippen LogP contribution is 2.29. The van der Waals surface area contributed by atoms with E-state index < -0.39 is 6.03 Å². The van der Waals surface area contributed by atoms with Gasteiger partial charge in [0.15, 0.2) is 0 Å². The van der Waals surface area contributed by atoms with Crippen molar-refractivity contribution in [1.82, 2.24) is 10.2 Å². The van der Waals surface area contributed by atoms with Crippen LogP contribution in [0.4, 0.5) is 4.79 Å². The smallest absolute Gasteiger partial charge is 0.312 e. The Hall–Kier alpha value is -0.770. The summed E-state index contributed by atoms with van der Waals surface area (Å²) in [6.45, 7) is 1.93. The number of nitrogens with zero attached hydrogens (tertiary/aromatic N) is 1. The van der Waals surface area contributed by atoms with Crippen LogP contribution in [0.3, 0.4) is 0 Å². The van der Waals surface area contributed by atoms with E-state index in [1.54, 1.807) is 0 Å². The van der Waals surface area contributed by atoms with Crippen molar-refractivity contribution in [2.24, 2.45) is 5.73 Å². The molecule has 4 nitrogen and oxygen atoms in total. The van der Waals surface area contributed by atoms with Gasteiger partial charge in [-0.2, -0.15) is 0 Å². The average Bonchev–Trinajstić information content (AvgIpc) is 2.85. The van der Waals surface area contributed by atoms with E-state index >= 15 is 0 Å². The third kappa shape index (κ3) is 2.62. The van der Waals surface area contributed by atoms with Crippen LogP contribution in [0.1, 0.15) is 38.5 Å². The summed E-state index contributed by atoms with van der Waals surface area (Å²) in [5.41, 5.74) is 5.10. The number of primary amides is 1. The fraction of sp³-hybridized carbons (Fsp3) is 0.909. The molecule has 0 aromatic carbocycles. The number of carbonyl (C=O) groups is 1. The van der Waals surface area contributed by atoms with Crippen LogP contribution >= 0.6 is 0 Å². The first kappa shape index (κ1) is 10.7. The Bertz CT molecular complexity index is 226. The van der Waals surface area contributed by atoms with E-state index in [-0.39, 0.29) is 0 Å². The SMILES string of the molecule is NC(=O)NC[C@H]1CCCN1C1CCCC1. The molecule has 4 heteroatoms. The van der Waals surface area contributed by atoms with Crippen molar-refractivity contribution in [3.8, 4) is 0 Å². The molecule has 2 aliphatic rings. The van der Waals surface area contributed by atoms with Crippen LogP contribution in [0.5, 0.6) is 0 Å². The second-order valence-electron chi connectivity index (χ2n) is 4.72. The third-order valence-corrected chi connectivity index (χ3v) is 3.73. The van der Waals surface area contributed by atoms with Gasteiger partial charge in [0.1, 0.15) is 0 Å². The molecule has 1 aliphatic heterocycles. The van der Waals surface area contributed by atoms with Gasteiger partial charge in [0.05, 0.1) is 0 Å². The Morgan fingerprint density at radius 1 is 1.27 bits per heavy atom. The van der Waals surface area contributed by atoms with E-state index in [1.165, 1.54) is 45.1 Å². The number of nitrogens with one attached hydrogen (secondary N) is 1. The maximum atomic E-state index is 10.7. The second-order valence-corrected chi connectivity index (χ2v) is 4.72. The minimum absolute atomic E-state index is 0.395. The van der Waals surface area contributed by atoms with Crippen molar-refractivity contribution in [3.63, 3.8) is 0 Å². The highest BCUT2D eigenvalue weighted by Gasteiger charge is 2.31. The lowest BCUT2D eigenvalue weighted by molar-refractivity contribution is 0.178. The molecule has 2 amide bonds. The van der Waals surface area contributed by atoms with E-state index in [0.29, 0.717) is 6.04 Å². The van der Waals surface area contributed by atoms with E-state index in [9.17, 15) is 4.79 Å². The van der Waals surface area contributed by atoms with Gasteiger partial charge in [-0.3, -0.25) is 4.90 Å². The largest absolute Gasteiger partial charge is 0.352 e. The molecule has 1 heterocycles. The van der Waals surface area contributed by atoms with Crippen molar-refractivity contribution in [1.29, 1.82) is 0 Å². The van der Waals surface area contributed by atoms with Crippen LogP contribution in [-0.4, -0.2) is 36.1 Å². The van der Waals surface area contributed by atoms with Crippen molar-refractivity contribution in [2.75, 3.05) is 13.1 Å². The molecule has 1 atom stereocenters. The quantitative estimate of drug-likeness (QED) is 0.733. The van der Waals surface area contributed by atoms with Gasteiger partial charge in [-0.1, -0.05) is 12.8 Å². The molecular weight excluding hydrogens is 190 g/mol. The summed E-state index contributed by atoms with van der Waals surface area (Å²) < 4.78 is 0. The highest BCUT2D eigenvalue weighted by molar-refractivity contribution is 5.71. The molecule has 0 aromatic heterocycles. The minimum Gasteiger partial charge on any atom is -0.352 e. The van der Waals surface area contributed by atoms with Gasteiger partial charge >= 0.3 is 6.03 Å². The number of urea groups is 1. The topological polar surface area (TPSA) is 58.4 Å². The molecule has 1 aliphatic carbocycles. The summed E-state index contributed by atoms with van der Waals surface area (Å²) in [4.78, 5) is 13.3. The molecular formula is C11H21N3O. The number of carbonyl (C=O) groups excluding carboxylic acids is 1. The van der Waals surface area contributed by atoms with Crippen LogP contribution in [0.25, 0.3) is 0 Å². The number of hydrogen-bond donors (Lipinski definition) is 2. The lowest BCUT2D eigenvalue weighted by Crippen LogP contribution is -2.45. The Kier molecular flexibility index (Phi) is 3.46. The van der Waals surface area contributed by atoms with Gasteiger partial charge in [-0.15, -0.1) is 0 Å². The number of likely N-dealkylation sites (tertiary alicyclic amines) is 1. The van der Waals surface area contributed by atoms with Crippen LogP contribution in [-0.2, 0) is 0 Å². The minimum atomic E-state index is -0.395. The molecule has 0 radical (unpaired) electrons. The Labute approximate surface area is 91.2 Å². The van der Waals surface area contributed by atoms with E-state index in [0.717, 1.165) is 12.6 Å². The lowest BCUT2D eigenvalue weighted by atomic mass is 10.1. The number of rotatable bonds is 3. The fourth-order valence-corrected chi connectivity index (χ4v) is 3.01. The van der Waals surface area contributed by atoms with E-state index in [2.05, 4.69) is 10.2 Å². The Morgan fingerprint density at radius 3 is 2.67 bits per heavy atom. The lowest BCUT2D eigenvalue weighted by Gasteiger charge is -2.30. The molecule has 0 spiro atoms. The number of hydrogen-bond acceptors (Lipinski definition) is 2. The summed E-state index contributed by atoms with van der Waals surface area (Å²) in [5, 5.41) is 2.74. The first-order chi connectivity index (χ1) is 7.27. The molecule has 1 saturated carbocycles. The van der Waals surface area contributed by atoms with Gasteiger partial charge in [0, 0.05) is 18.6 Å². The summed E-state index contributed by atoms with van der Waals surface area (Å²) in [6, 6.07) is 0.904. The second kappa shape index (κ2) is 4.84. The monoisotopic (exact) mass is 211 g/mol. The van der Waals surface area contributed by atoms with Crippen LogP contribution in [0, 0.1) is 0 Å². The van der Waals surface area contributed by atoms with Crippen LogP contribution in [0.15, 0.2) is 0 Å². The Morgan fingerprint density at radius 2 is 2.00 bits per heavy atom. The fourth-order valence-electron chi connectivity index (χ4n) is 3.01. The van der Waals surface area contributed by atoms with E-state index in [1.807, 2.05) is 0 Å². The maximum absolute atomic E-state index is 10.7. The first-order valence-electron chi connectivity index (χ1n) is 6.06. The number of amides is 2. The zero-order valence-electron chi connectivity index (χ0n) is 9.24. The zero-order chi connectivity index (χ0) is 10.7. The van der Waals surface area contributed by atoms with Gasteiger partial charge in [0.2, 0.25) is 0 Å². The van der Waals surface area contributed by atoms with Crippen molar-refractivity contribution in [3.05, 3.63) is 0 Å². The molecule has 3 N–H and O–H groups in total. The van der Waals surface area contributed by atoms with Gasteiger partial charge in [-0.25, -0.2) is 4.79 Å². The summed E-state index contributed by atoms with van der Waals surface area (Å²) in [6.07, 6.45) is 7.90. The van der Waals surface area contributed by atoms with Crippen molar-refractivity contribution in [2.45, 2.75) is 50.6 Å². The molecule has 2 fully saturated rings. The van der Waals surface area contributed by atoms with Crippen molar-refractivity contribution >= 4 is 6.03 Å². The standard InChI is InChI=1S/C11H21N3O/c12-11(15)13-8-10-6-3-7-14(10)9-4-1-2-5-9/h9-10H,1-8H2,(H3,12,13,15)/t10-/m1/s1. The summed E-state index contributed by atoms with van der Waals surface area (Å²) >= 11 is 0. The van der Waals surface area contributed by atoms with Gasteiger partial charge in [-0.05, 0) is 32.2 Å². The molecule has 2 rings (SSSR count). The van der Waals surface area contributed by atoms with Crippen molar-refractivity contribution < 1.29 is 4.79 Å². The molecule has 0 unspecified atom stereocenters. The predicted octanol–water partition coefficient (Wildman–Crippen LogP) is 1.06. The molecule has 0 aromatic rings. The average molecular weight is 211 g/mol. The predicted molar refractivity (Wildman–Crippen MR) is 59.6 cm³/mol. The van der Waals surface area contributed by atoms with Crippen LogP contribution in [0.2, 0.25) is 0 Å². The van der Waals surface area contributed by atoms with E-state index in [4.69, 9.17) is 5.73 Å². The molecule has 1 saturated heterocycles. The molecule has 86 valence electrons. The van der Waals surface area contributed by atoms with Gasteiger partial charge in [0.25, 0.3) is 0 Å². The maximum Gasteiger partial charge on any atom is 0.312 e. The van der Waals surface area contributed by atoms with Crippen LogP contribution < -0.4 is 11.1 Å². The summed E-state index contributed by atoms with van der Waals surface area (Å²) in [7, 11) is 0.